The van der Waals surface area contributed by atoms with E-state index in [0.717, 1.165) is 12.0 Å². The first-order valence-electron chi connectivity index (χ1n) is 6.59. The van der Waals surface area contributed by atoms with Crippen molar-refractivity contribution in [1.29, 1.82) is 0 Å². The molecule has 2 atom stereocenters. The number of anilines is 1. The van der Waals surface area contributed by atoms with Gasteiger partial charge in [-0.3, -0.25) is 0 Å². The summed E-state index contributed by atoms with van der Waals surface area (Å²) in [7, 11) is 0. The fourth-order valence-corrected chi connectivity index (χ4v) is 2.89. The van der Waals surface area contributed by atoms with Gasteiger partial charge < -0.3 is 10.5 Å². The molecule has 0 radical (unpaired) electrons. The number of halogens is 2. The van der Waals surface area contributed by atoms with Crippen LogP contribution in [0.25, 0.3) is 11.4 Å². The van der Waals surface area contributed by atoms with Crippen molar-refractivity contribution in [3.63, 3.8) is 0 Å². The highest BCUT2D eigenvalue weighted by atomic mass is 35.5. The van der Waals surface area contributed by atoms with Crippen LogP contribution in [0.5, 0.6) is 0 Å². The number of nitrogen functional groups attached to an aromatic ring is 1. The monoisotopic (exact) mass is 327 g/mol. The van der Waals surface area contributed by atoms with Crippen molar-refractivity contribution < 1.29 is 4.74 Å². The van der Waals surface area contributed by atoms with Gasteiger partial charge in [0.2, 0.25) is 0 Å². The first-order valence-corrected chi connectivity index (χ1v) is 7.34. The van der Waals surface area contributed by atoms with Crippen molar-refractivity contribution >= 4 is 28.9 Å². The number of rotatable bonds is 2. The van der Waals surface area contributed by atoms with E-state index in [1.54, 1.807) is 16.8 Å². The molecule has 0 spiro atoms. The van der Waals surface area contributed by atoms with E-state index in [4.69, 9.17) is 33.7 Å². The first-order chi connectivity index (χ1) is 9.93. The van der Waals surface area contributed by atoms with Gasteiger partial charge in [-0.2, -0.15) is 0 Å². The average molecular weight is 328 g/mol. The van der Waals surface area contributed by atoms with Crippen molar-refractivity contribution in [3.8, 4) is 11.4 Å². The Hall–Kier alpha value is -1.37. The van der Waals surface area contributed by atoms with Crippen LogP contribution in [-0.2, 0) is 10.3 Å². The van der Waals surface area contributed by atoms with Crippen molar-refractivity contribution in [2.24, 2.45) is 0 Å². The van der Waals surface area contributed by atoms with Crippen LogP contribution in [0.4, 0.5) is 5.69 Å². The van der Waals surface area contributed by atoms with E-state index in [1.165, 1.54) is 0 Å². The lowest BCUT2D eigenvalue weighted by molar-refractivity contribution is 0.0706. The second-order valence-electron chi connectivity index (χ2n) is 5.40. The maximum atomic E-state index is 6.10. The van der Waals surface area contributed by atoms with Gasteiger partial charge in [0.05, 0.1) is 27.4 Å². The lowest BCUT2D eigenvalue weighted by atomic mass is 9.94. The summed E-state index contributed by atoms with van der Waals surface area (Å²) in [5.41, 5.74) is 6.69. The maximum Gasteiger partial charge on any atom is 0.182 e. The van der Waals surface area contributed by atoms with Crippen LogP contribution in [0.2, 0.25) is 10.0 Å². The SMILES string of the molecule is CC1OCCC1(C)n1nnnc1-c1cc(N)c(Cl)c(Cl)c1. The topological polar surface area (TPSA) is 78.8 Å². The van der Waals surface area contributed by atoms with Gasteiger partial charge in [-0.15, -0.1) is 5.10 Å². The summed E-state index contributed by atoms with van der Waals surface area (Å²) >= 11 is 12.1. The molecular formula is C13H15Cl2N5O. The molecule has 21 heavy (non-hydrogen) atoms. The van der Waals surface area contributed by atoms with Gasteiger partial charge in [0, 0.05) is 12.2 Å². The van der Waals surface area contributed by atoms with Gasteiger partial charge in [0.1, 0.15) is 0 Å². The molecule has 2 aromatic rings. The Morgan fingerprint density at radius 2 is 2.19 bits per heavy atom. The Morgan fingerprint density at radius 1 is 1.43 bits per heavy atom. The van der Waals surface area contributed by atoms with E-state index in [1.807, 2.05) is 6.92 Å². The predicted molar refractivity (Wildman–Crippen MR) is 81.4 cm³/mol. The van der Waals surface area contributed by atoms with Gasteiger partial charge in [0.15, 0.2) is 5.82 Å². The van der Waals surface area contributed by atoms with Crippen LogP contribution < -0.4 is 5.73 Å². The molecule has 2 unspecified atom stereocenters. The Balaban J connectivity index is 2.12. The highest BCUT2D eigenvalue weighted by Gasteiger charge is 2.41. The molecule has 8 heteroatoms. The Labute approximate surface area is 132 Å². The summed E-state index contributed by atoms with van der Waals surface area (Å²) in [5.74, 6) is 0.597. The fourth-order valence-electron chi connectivity index (χ4n) is 2.55. The van der Waals surface area contributed by atoms with Gasteiger partial charge in [0.25, 0.3) is 0 Å². The Kier molecular flexibility index (Phi) is 3.55. The van der Waals surface area contributed by atoms with Crippen molar-refractivity contribution in [2.75, 3.05) is 12.3 Å². The molecule has 2 heterocycles. The van der Waals surface area contributed by atoms with Crippen LogP contribution in [0, 0.1) is 0 Å². The molecule has 2 N–H and O–H groups in total. The normalized spacial score (nSPS) is 25.4. The van der Waals surface area contributed by atoms with Crippen LogP contribution in [0.15, 0.2) is 12.1 Å². The van der Waals surface area contributed by atoms with Crippen molar-refractivity contribution in [1.82, 2.24) is 20.2 Å². The molecule has 112 valence electrons. The minimum Gasteiger partial charge on any atom is -0.397 e. The lowest BCUT2D eigenvalue weighted by Gasteiger charge is -2.28. The summed E-state index contributed by atoms with van der Waals surface area (Å²) in [5, 5.41) is 12.8. The molecule has 0 saturated carbocycles. The summed E-state index contributed by atoms with van der Waals surface area (Å²) in [6.07, 6.45) is 0.850. The summed E-state index contributed by atoms with van der Waals surface area (Å²) in [6, 6.07) is 3.44. The third-order valence-corrected chi connectivity index (χ3v) is 4.94. The van der Waals surface area contributed by atoms with Gasteiger partial charge in [-0.25, -0.2) is 4.68 Å². The maximum absolute atomic E-state index is 6.10. The minimum atomic E-state index is -0.306. The van der Waals surface area contributed by atoms with Crippen molar-refractivity contribution in [3.05, 3.63) is 22.2 Å². The molecular weight excluding hydrogens is 313 g/mol. The number of nitrogens with zero attached hydrogens (tertiary/aromatic N) is 4. The van der Waals surface area contributed by atoms with E-state index < -0.39 is 0 Å². The molecule has 1 aromatic carbocycles. The minimum absolute atomic E-state index is 0.0138. The van der Waals surface area contributed by atoms with E-state index >= 15 is 0 Å². The highest BCUT2D eigenvalue weighted by Crippen LogP contribution is 2.37. The number of benzene rings is 1. The quantitative estimate of drug-likeness (QED) is 0.858. The van der Waals surface area contributed by atoms with Gasteiger partial charge >= 0.3 is 0 Å². The smallest absolute Gasteiger partial charge is 0.182 e. The molecule has 1 aliphatic rings. The van der Waals surface area contributed by atoms with Crippen LogP contribution in [-0.4, -0.2) is 32.9 Å². The zero-order valence-corrected chi connectivity index (χ0v) is 13.2. The third-order valence-electron chi connectivity index (χ3n) is 4.12. The standard InChI is InChI=1S/C13H15Cl2N5O/c1-7-13(2,3-4-21-7)20-12(17-18-19-20)8-5-9(14)11(15)10(16)6-8/h5-7H,3-4,16H2,1-2H3. The van der Waals surface area contributed by atoms with Gasteiger partial charge in [-0.1, -0.05) is 23.2 Å². The van der Waals surface area contributed by atoms with Crippen LogP contribution in [0.1, 0.15) is 20.3 Å². The zero-order chi connectivity index (χ0) is 15.2. The predicted octanol–water partition coefficient (Wildman–Crippen LogP) is 2.75. The van der Waals surface area contributed by atoms with E-state index in [0.29, 0.717) is 28.2 Å². The first kappa shape index (κ1) is 14.6. The Bertz CT molecular complexity index is 666. The number of nitrogens with two attached hydrogens (primary N) is 1. The molecule has 1 aliphatic heterocycles. The van der Waals surface area contributed by atoms with Crippen LogP contribution in [0.3, 0.4) is 0 Å². The molecule has 0 aliphatic carbocycles. The Morgan fingerprint density at radius 3 is 2.81 bits per heavy atom. The summed E-state index contributed by atoms with van der Waals surface area (Å²) < 4.78 is 7.44. The molecule has 1 fully saturated rings. The lowest BCUT2D eigenvalue weighted by Crippen LogP contribution is -2.38. The number of aromatic nitrogens is 4. The van der Waals surface area contributed by atoms with E-state index in [-0.39, 0.29) is 11.6 Å². The van der Waals surface area contributed by atoms with Gasteiger partial charge in [-0.05, 0) is 42.8 Å². The van der Waals surface area contributed by atoms with E-state index in [2.05, 4.69) is 22.4 Å². The average Bonchev–Trinajstić information content (AvgIpc) is 3.04. The fraction of sp³-hybridized carbons (Fsp3) is 0.462. The van der Waals surface area contributed by atoms with Crippen LogP contribution >= 0.6 is 23.2 Å². The molecule has 0 bridgehead atoms. The zero-order valence-electron chi connectivity index (χ0n) is 11.7. The largest absolute Gasteiger partial charge is 0.397 e. The number of hydrogen-bond acceptors (Lipinski definition) is 5. The molecule has 1 aromatic heterocycles. The molecule has 6 nitrogen and oxygen atoms in total. The molecule has 0 amide bonds. The third kappa shape index (κ3) is 2.27. The summed E-state index contributed by atoms with van der Waals surface area (Å²) in [4.78, 5) is 0. The highest BCUT2D eigenvalue weighted by molar-refractivity contribution is 6.43. The number of tetrazole rings is 1. The second kappa shape index (κ2) is 5.12. The number of ether oxygens (including phenoxy) is 1. The second-order valence-corrected chi connectivity index (χ2v) is 6.18. The van der Waals surface area contributed by atoms with Crippen molar-refractivity contribution in [2.45, 2.75) is 31.9 Å². The molecule has 3 rings (SSSR count). The summed E-state index contributed by atoms with van der Waals surface area (Å²) in [6.45, 7) is 4.77. The molecule has 1 saturated heterocycles. The number of hydrogen-bond donors (Lipinski definition) is 1. The van der Waals surface area contributed by atoms with E-state index in [9.17, 15) is 0 Å².